The Bertz CT molecular complexity index is 2660. The fourth-order valence-corrected chi connectivity index (χ4v) is 9.84. The molecule has 3 N–H and O–H groups in total. The molecule has 3 aliphatic heterocycles. The largest absolute Gasteiger partial charge is 0.488 e. The highest BCUT2D eigenvalue weighted by molar-refractivity contribution is 6.07. The molecule has 314 valence electrons. The Morgan fingerprint density at radius 3 is 2.59 bits per heavy atom. The molecule has 2 aromatic heterocycles. The van der Waals surface area contributed by atoms with Crippen LogP contribution in [0, 0.1) is 11.8 Å². The number of amides is 3. The number of nitrogens with zero attached hydrogens (tertiary/aromatic N) is 4. The van der Waals surface area contributed by atoms with Gasteiger partial charge in [0.15, 0.2) is 0 Å². The second-order valence-corrected chi connectivity index (χ2v) is 16.9. The maximum absolute atomic E-state index is 14.4. The lowest BCUT2D eigenvalue weighted by molar-refractivity contribution is -0.136. The molecule has 3 amide bonds. The maximum Gasteiger partial charge on any atom is 0.407 e. The van der Waals surface area contributed by atoms with Crippen molar-refractivity contribution in [2.24, 2.45) is 11.8 Å². The Labute approximate surface area is 352 Å². The minimum Gasteiger partial charge on any atom is -0.488 e. The predicted octanol–water partition coefficient (Wildman–Crippen LogP) is 7.39. The molecular weight excluding hydrogens is 775 g/mol. The molecule has 6 aromatic rings. The van der Waals surface area contributed by atoms with Crippen LogP contribution in [0.15, 0.2) is 79.0 Å². The Morgan fingerprint density at radius 2 is 1.79 bits per heavy atom. The molecule has 1 aliphatic carbocycles. The number of hydrogen-bond acceptors (Lipinski definition) is 9. The van der Waals surface area contributed by atoms with E-state index in [4.69, 9.17) is 28.9 Å². The number of nitrogens with one attached hydrogen (secondary N) is 3. The average Bonchev–Trinajstić information content (AvgIpc) is 3.75. The number of methoxy groups -OCH3 is 3. The Balaban J connectivity index is 0.925. The van der Waals surface area contributed by atoms with E-state index < -0.39 is 12.1 Å². The van der Waals surface area contributed by atoms with Gasteiger partial charge >= 0.3 is 6.09 Å². The summed E-state index contributed by atoms with van der Waals surface area (Å²) in [6.45, 7) is 3.26. The van der Waals surface area contributed by atoms with Crippen LogP contribution >= 0.6 is 0 Å². The summed E-state index contributed by atoms with van der Waals surface area (Å²) in [7, 11) is 4.59. The molecule has 1 saturated carbocycles. The first-order valence-corrected chi connectivity index (χ1v) is 21.0. The number of alkyl carbamates (subject to hydrolysis) is 1. The third-order valence-electron chi connectivity index (χ3n) is 13.1. The minimum absolute atomic E-state index is 0.0536. The molecule has 2 saturated heterocycles. The summed E-state index contributed by atoms with van der Waals surface area (Å²) in [6.07, 6.45) is 4.06. The zero-order valence-corrected chi connectivity index (χ0v) is 34.6. The molecule has 14 heteroatoms. The minimum atomic E-state index is -0.942. The SMILES string of the molecule is COC[C@H]1C[C@@H](c2nc3ccc4cc5c(cc4c3[nH]2)OCc2cc(-c3cnc([C@@H]4CC6CC6N4C(=O)C[C@@H](C)OC)[nH]3)ccc2-5)N(C(=O)[C@H](NC(=O)OC)c2ccccc2)C1. The van der Waals surface area contributed by atoms with Gasteiger partial charge in [-0.3, -0.25) is 9.59 Å². The number of imidazole rings is 2. The highest BCUT2D eigenvalue weighted by Crippen LogP contribution is 2.53. The Kier molecular flexibility index (Phi) is 9.99. The van der Waals surface area contributed by atoms with Crippen LogP contribution < -0.4 is 10.1 Å². The molecule has 10 rings (SSSR count). The summed E-state index contributed by atoms with van der Waals surface area (Å²) in [4.78, 5) is 61.0. The summed E-state index contributed by atoms with van der Waals surface area (Å²) in [6, 6.07) is 22.9. The second kappa shape index (κ2) is 15.7. The van der Waals surface area contributed by atoms with E-state index >= 15 is 0 Å². The fraction of sp³-hybridized carbons (Fsp3) is 0.383. The quantitative estimate of drug-likeness (QED) is 0.121. The monoisotopic (exact) mass is 823 g/mol. The summed E-state index contributed by atoms with van der Waals surface area (Å²) in [5.74, 6) is 2.77. The summed E-state index contributed by atoms with van der Waals surface area (Å²) in [5, 5.41) is 4.74. The highest BCUT2D eigenvalue weighted by atomic mass is 16.5. The van der Waals surface area contributed by atoms with Crippen molar-refractivity contribution in [3.05, 3.63) is 102 Å². The molecule has 7 atom stereocenters. The standard InChI is InChI=1S/C47H49N7O7/c1-25(59-3)14-41(55)54-37-18-30(37)19-39(54)44-48-21-36(50-44)29-10-12-32-31(16-29)24-61-40-20-33-28(17-34(32)40)11-13-35-43(33)51-45(49-35)38-15-26(23-58-2)22-53(38)46(56)42(52-47(57)60-4)27-8-6-5-7-9-27/h5-13,16-17,20-21,25-26,30,37-39,42H,14-15,18-19,22-24H2,1-4H3,(H,48,50)(H,49,51)(H,52,57)/t25-,26+,30?,37?,38+,39+,42-/m1/s1. The van der Waals surface area contributed by atoms with Crippen molar-refractivity contribution in [1.82, 2.24) is 35.1 Å². The lowest BCUT2D eigenvalue weighted by Crippen LogP contribution is -2.43. The van der Waals surface area contributed by atoms with Crippen LogP contribution in [0.5, 0.6) is 5.75 Å². The number of fused-ring (bicyclic) bond motifs is 7. The Morgan fingerprint density at radius 1 is 0.934 bits per heavy atom. The van der Waals surface area contributed by atoms with E-state index in [0.717, 1.165) is 74.2 Å². The number of piperidine rings is 1. The number of hydrogen-bond donors (Lipinski definition) is 3. The molecule has 3 fully saturated rings. The van der Waals surface area contributed by atoms with Gasteiger partial charge in [0.2, 0.25) is 5.91 Å². The third kappa shape index (κ3) is 7.06. The van der Waals surface area contributed by atoms with Crippen molar-refractivity contribution in [3.63, 3.8) is 0 Å². The van der Waals surface area contributed by atoms with Crippen LogP contribution in [-0.4, -0.2) is 94.3 Å². The molecule has 4 aliphatic rings. The van der Waals surface area contributed by atoms with Gasteiger partial charge in [0.05, 0.1) is 61.2 Å². The molecule has 0 bridgehead atoms. The maximum atomic E-state index is 14.4. The van der Waals surface area contributed by atoms with E-state index in [1.165, 1.54) is 7.11 Å². The van der Waals surface area contributed by atoms with Gasteiger partial charge in [-0.15, -0.1) is 0 Å². The number of aromatic nitrogens is 4. The van der Waals surface area contributed by atoms with Crippen molar-refractivity contribution >= 4 is 39.7 Å². The Hall–Kier alpha value is -6.25. The van der Waals surface area contributed by atoms with Crippen molar-refractivity contribution in [2.45, 2.75) is 69.5 Å². The zero-order chi connectivity index (χ0) is 41.9. The van der Waals surface area contributed by atoms with Crippen molar-refractivity contribution in [2.75, 3.05) is 34.5 Å². The van der Waals surface area contributed by atoms with E-state index in [-0.39, 0.29) is 35.9 Å². The molecule has 61 heavy (non-hydrogen) atoms. The van der Waals surface area contributed by atoms with Gasteiger partial charge in [0.1, 0.15) is 30.0 Å². The van der Waals surface area contributed by atoms with E-state index in [0.29, 0.717) is 55.9 Å². The smallest absolute Gasteiger partial charge is 0.407 e. The lowest BCUT2D eigenvalue weighted by Gasteiger charge is -2.28. The van der Waals surface area contributed by atoms with Crippen LogP contribution in [0.3, 0.4) is 0 Å². The van der Waals surface area contributed by atoms with Crippen LogP contribution in [0.4, 0.5) is 4.79 Å². The van der Waals surface area contributed by atoms with Crippen molar-refractivity contribution in [1.29, 1.82) is 0 Å². The van der Waals surface area contributed by atoms with Crippen molar-refractivity contribution in [3.8, 4) is 28.1 Å². The highest BCUT2D eigenvalue weighted by Gasteiger charge is 2.55. The number of carbonyl (C=O) groups excluding carboxylic acids is 3. The van der Waals surface area contributed by atoms with Crippen LogP contribution in [-0.2, 0) is 30.4 Å². The number of H-pyrrole nitrogens is 2. The van der Waals surface area contributed by atoms with Gasteiger partial charge < -0.3 is 44.0 Å². The van der Waals surface area contributed by atoms with Crippen LogP contribution in [0.1, 0.15) is 73.5 Å². The molecule has 0 spiro atoms. The van der Waals surface area contributed by atoms with Crippen molar-refractivity contribution < 1.29 is 33.3 Å². The van der Waals surface area contributed by atoms with Gasteiger partial charge in [0, 0.05) is 43.7 Å². The normalized spacial score (nSPS) is 22.3. The predicted molar refractivity (Wildman–Crippen MR) is 227 cm³/mol. The third-order valence-corrected chi connectivity index (χ3v) is 13.1. The van der Waals surface area contributed by atoms with E-state index in [9.17, 15) is 14.4 Å². The number of likely N-dealkylation sites (tertiary alicyclic amines) is 2. The second-order valence-electron chi connectivity index (χ2n) is 16.9. The van der Waals surface area contributed by atoms with E-state index in [1.54, 1.807) is 19.1 Å². The average molecular weight is 824 g/mol. The molecule has 14 nitrogen and oxygen atoms in total. The summed E-state index contributed by atoms with van der Waals surface area (Å²) >= 11 is 0. The topological polar surface area (TPSA) is 164 Å². The number of benzene rings is 4. The van der Waals surface area contributed by atoms with Gasteiger partial charge in [-0.1, -0.05) is 48.5 Å². The fourth-order valence-electron chi connectivity index (χ4n) is 9.84. The van der Waals surface area contributed by atoms with Crippen LogP contribution in [0.25, 0.3) is 44.2 Å². The molecule has 4 aromatic carbocycles. The lowest BCUT2D eigenvalue weighted by atomic mass is 9.92. The van der Waals surface area contributed by atoms with Gasteiger partial charge in [-0.25, -0.2) is 14.8 Å². The van der Waals surface area contributed by atoms with E-state index in [2.05, 4.69) is 51.7 Å². The van der Waals surface area contributed by atoms with Gasteiger partial charge in [-0.2, -0.15) is 0 Å². The van der Waals surface area contributed by atoms with E-state index in [1.807, 2.05) is 54.4 Å². The van der Waals surface area contributed by atoms with Crippen LogP contribution in [0.2, 0.25) is 0 Å². The number of rotatable bonds is 11. The molecular formula is C47H49N7O7. The number of carbonyl (C=O) groups is 3. The molecule has 5 heterocycles. The van der Waals surface area contributed by atoms with Gasteiger partial charge in [0.25, 0.3) is 5.91 Å². The number of aromatic amines is 2. The first kappa shape index (κ1) is 38.9. The summed E-state index contributed by atoms with van der Waals surface area (Å²) in [5.41, 5.74) is 7.40. The first-order chi connectivity index (χ1) is 29.7. The molecule has 2 unspecified atom stereocenters. The molecule has 0 radical (unpaired) electrons. The number of ether oxygens (including phenoxy) is 4. The first-order valence-electron chi connectivity index (χ1n) is 21.0. The zero-order valence-electron chi connectivity index (χ0n) is 34.6. The summed E-state index contributed by atoms with van der Waals surface area (Å²) < 4.78 is 22.3. The van der Waals surface area contributed by atoms with Gasteiger partial charge in [-0.05, 0) is 84.0 Å².